The van der Waals surface area contributed by atoms with Gasteiger partial charge in [-0.05, 0) is 13.8 Å². The summed E-state index contributed by atoms with van der Waals surface area (Å²) in [5.74, 6) is 0.165. The standard InChI is InChI=1S/C13H22F3N5O3/c1-8(5-22-3)17-10-19-11(18-9(2)6-23-4)21-12(20-10)24-7-13(14,15)16/h8-9H,5-7H2,1-4H3,(H2,17,18,19,20,21)/t8-,9-/m1/s1. The predicted octanol–water partition coefficient (Wildman–Crippen LogP) is 1.71. The van der Waals surface area contributed by atoms with Gasteiger partial charge in [0.25, 0.3) is 0 Å². The minimum Gasteiger partial charge on any atom is -0.454 e. The van der Waals surface area contributed by atoms with Gasteiger partial charge in [0, 0.05) is 26.3 Å². The molecule has 24 heavy (non-hydrogen) atoms. The van der Waals surface area contributed by atoms with Crippen molar-refractivity contribution in [2.45, 2.75) is 32.1 Å². The first kappa shape index (κ1) is 20.2. The molecule has 0 radical (unpaired) electrons. The van der Waals surface area contributed by atoms with Gasteiger partial charge < -0.3 is 24.8 Å². The molecule has 0 aliphatic heterocycles. The number of halogens is 3. The smallest absolute Gasteiger partial charge is 0.422 e. The zero-order valence-corrected chi connectivity index (χ0v) is 14.0. The van der Waals surface area contributed by atoms with Crippen LogP contribution in [0.5, 0.6) is 6.01 Å². The molecular formula is C13H22F3N5O3. The van der Waals surface area contributed by atoms with Crippen LogP contribution in [0.3, 0.4) is 0 Å². The van der Waals surface area contributed by atoms with Crippen molar-refractivity contribution in [3.63, 3.8) is 0 Å². The van der Waals surface area contributed by atoms with E-state index in [1.807, 2.05) is 13.8 Å². The highest BCUT2D eigenvalue weighted by Crippen LogP contribution is 2.18. The topological polar surface area (TPSA) is 90.4 Å². The van der Waals surface area contributed by atoms with Crippen molar-refractivity contribution in [3.05, 3.63) is 0 Å². The normalized spacial score (nSPS) is 14.1. The van der Waals surface area contributed by atoms with E-state index >= 15 is 0 Å². The average molecular weight is 353 g/mol. The zero-order valence-electron chi connectivity index (χ0n) is 14.0. The molecule has 0 aliphatic carbocycles. The van der Waals surface area contributed by atoms with E-state index in [1.54, 1.807) is 0 Å². The Labute approximate surface area is 138 Å². The molecular weight excluding hydrogens is 331 g/mol. The highest BCUT2D eigenvalue weighted by Gasteiger charge is 2.29. The molecule has 2 atom stereocenters. The quantitative estimate of drug-likeness (QED) is 0.657. The highest BCUT2D eigenvalue weighted by molar-refractivity contribution is 5.37. The van der Waals surface area contributed by atoms with Crippen LogP contribution < -0.4 is 15.4 Å². The van der Waals surface area contributed by atoms with Gasteiger partial charge >= 0.3 is 12.2 Å². The maximum atomic E-state index is 12.3. The van der Waals surface area contributed by atoms with Crippen LogP contribution in [0.25, 0.3) is 0 Å². The molecule has 0 saturated heterocycles. The fraction of sp³-hybridized carbons (Fsp3) is 0.769. The Kier molecular flexibility index (Phi) is 7.92. The molecule has 0 saturated carbocycles. The molecule has 2 N–H and O–H groups in total. The van der Waals surface area contributed by atoms with E-state index in [4.69, 9.17) is 9.47 Å². The van der Waals surface area contributed by atoms with Crippen LogP contribution >= 0.6 is 0 Å². The number of rotatable bonds is 10. The maximum absolute atomic E-state index is 12.3. The minimum absolute atomic E-state index is 0.0823. The SMILES string of the molecule is COC[C@@H](C)Nc1nc(N[C@H](C)COC)nc(OCC(F)(F)F)n1. The fourth-order valence-corrected chi connectivity index (χ4v) is 1.72. The van der Waals surface area contributed by atoms with Crippen molar-refractivity contribution in [1.29, 1.82) is 0 Å². The van der Waals surface area contributed by atoms with Crippen LogP contribution in [0.1, 0.15) is 13.8 Å². The number of alkyl halides is 3. The van der Waals surface area contributed by atoms with Gasteiger partial charge in [-0.25, -0.2) is 0 Å². The second-order valence-corrected chi connectivity index (χ2v) is 5.17. The van der Waals surface area contributed by atoms with Crippen molar-refractivity contribution in [3.8, 4) is 6.01 Å². The van der Waals surface area contributed by atoms with E-state index < -0.39 is 18.8 Å². The van der Waals surface area contributed by atoms with Crippen molar-refractivity contribution < 1.29 is 27.4 Å². The van der Waals surface area contributed by atoms with Gasteiger partial charge in [-0.15, -0.1) is 0 Å². The Hall–Kier alpha value is -1.88. The summed E-state index contributed by atoms with van der Waals surface area (Å²) >= 11 is 0. The summed E-state index contributed by atoms with van der Waals surface area (Å²) in [7, 11) is 3.06. The molecule has 0 aliphatic rings. The fourth-order valence-electron chi connectivity index (χ4n) is 1.72. The molecule has 8 nitrogen and oxygen atoms in total. The van der Waals surface area contributed by atoms with Gasteiger partial charge in [0.05, 0.1) is 13.2 Å². The van der Waals surface area contributed by atoms with Gasteiger partial charge in [-0.2, -0.15) is 28.1 Å². The first-order valence-corrected chi connectivity index (χ1v) is 7.20. The third-order valence-corrected chi connectivity index (χ3v) is 2.56. The molecule has 0 fully saturated rings. The lowest BCUT2D eigenvalue weighted by Crippen LogP contribution is -2.26. The lowest BCUT2D eigenvalue weighted by atomic mass is 10.4. The average Bonchev–Trinajstić information content (AvgIpc) is 2.44. The summed E-state index contributed by atoms with van der Waals surface area (Å²) < 4.78 is 51.5. The van der Waals surface area contributed by atoms with Crippen LogP contribution in [0.4, 0.5) is 25.1 Å². The number of anilines is 2. The summed E-state index contributed by atoms with van der Waals surface area (Å²) in [6.45, 7) is 2.87. The van der Waals surface area contributed by atoms with Gasteiger partial charge in [-0.3, -0.25) is 0 Å². The molecule has 1 aromatic heterocycles. The summed E-state index contributed by atoms with van der Waals surface area (Å²) in [5.41, 5.74) is 0. The van der Waals surface area contributed by atoms with Crippen LogP contribution in [0, 0.1) is 0 Å². The van der Waals surface area contributed by atoms with Gasteiger partial charge in [0.2, 0.25) is 11.9 Å². The lowest BCUT2D eigenvalue weighted by Gasteiger charge is -2.17. The van der Waals surface area contributed by atoms with Crippen molar-refractivity contribution >= 4 is 11.9 Å². The largest absolute Gasteiger partial charge is 0.454 e. The first-order valence-electron chi connectivity index (χ1n) is 7.20. The van der Waals surface area contributed by atoms with Gasteiger partial charge in [-0.1, -0.05) is 0 Å². The van der Waals surface area contributed by atoms with E-state index in [-0.39, 0.29) is 24.0 Å². The second-order valence-electron chi connectivity index (χ2n) is 5.17. The molecule has 0 spiro atoms. The predicted molar refractivity (Wildman–Crippen MR) is 81.3 cm³/mol. The van der Waals surface area contributed by atoms with E-state index in [1.165, 1.54) is 14.2 Å². The minimum atomic E-state index is -4.49. The number of nitrogens with one attached hydrogen (secondary N) is 2. The molecule has 0 unspecified atom stereocenters. The molecule has 1 rings (SSSR count). The van der Waals surface area contributed by atoms with Crippen molar-refractivity contribution in [2.75, 3.05) is 44.7 Å². The molecule has 0 aromatic carbocycles. The van der Waals surface area contributed by atoms with Crippen molar-refractivity contribution in [2.24, 2.45) is 0 Å². The van der Waals surface area contributed by atoms with Gasteiger partial charge in [0.1, 0.15) is 0 Å². The Morgan fingerprint density at radius 3 is 1.75 bits per heavy atom. The third-order valence-electron chi connectivity index (χ3n) is 2.56. The number of methoxy groups -OCH3 is 2. The van der Waals surface area contributed by atoms with Crippen LogP contribution in [-0.4, -0.2) is 67.3 Å². The molecule has 1 heterocycles. The lowest BCUT2D eigenvalue weighted by molar-refractivity contribution is -0.154. The summed E-state index contributed by atoms with van der Waals surface area (Å²) in [5, 5.41) is 5.81. The molecule has 1 aromatic rings. The second kappa shape index (κ2) is 9.42. The third kappa shape index (κ3) is 8.11. The molecule has 138 valence electrons. The summed E-state index contributed by atoms with van der Waals surface area (Å²) in [6.07, 6.45) is -4.49. The van der Waals surface area contributed by atoms with E-state index in [0.29, 0.717) is 13.2 Å². The van der Waals surface area contributed by atoms with Crippen molar-refractivity contribution in [1.82, 2.24) is 15.0 Å². The highest BCUT2D eigenvalue weighted by atomic mass is 19.4. The Bertz CT molecular complexity index is 472. The molecule has 0 bridgehead atoms. The number of nitrogens with zero attached hydrogens (tertiary/aromatic N) is 3. The Balaban J connectivity index is 2.91. The Morgan fingerprint density at radius 2 is 1.38 bits per heavy atom. The van der Waals surface area contributed by atoms with Gasteiger partial charge in [0.15, 0.2) is 6.61 Å². The number of ether oxygens (including phenoxy) is 3. The monoisotopic (exact) mass is 353 g/mol. The van der Waals surface area contributed by atoms with Crippen LogP contribution in [-0.2, 0) is 9.47 Å². The number of aromatic nitrogens is 3. The van der Waals surface area contributed by atoms with Crippen LogP contribution in [0.2, 0.25) is 0 Å². The first-order chi connectivity index (χ1) is 11.2. The van der Waals surface area contributed by atoms with Crippen LogP contribution in [0.15, 0.2) is 0 Å². The van der Waals surface area contributed by atoms with E-state index in [9.17, 15) is 13.2 Å². The number of hydrogen-bond donors (Lipinski definition) is 2. The van der Waals surface area contributed by atoms with E-state index in [2.05, 4.69) is 30.3 Å². The summed E-state index contributed by atoms with van der Waals surface area (Å²) in [6, 6.07) is -0.740. The zero-order chi connectivity index (χ0) is 18.2. The summed E-state index contributed by atoms with van der Waals surface area (Å²) in [4.78, 5) is 11.8. The molecule has 11 heteroatoms. The van der Waals surface area contributed by atoms with E-state index in [0.717, 1.165) is 0 Å². The molecule has 0 amide bonds. The maximum Gasteiger partial charge on any atom is 0.422 e. The Morgan fingerprint density at radius 1 is 0.917 bits per heavy atom. The number of hydrogen-bond acceptors (Lipinski definition) is 8.